The molecule has 0 saturated heterocycles. The zero-order valence-corrected chi connectivity index (χ0v) is 42.5. The molecule has 2 atom stereocenters. The quantitative estimate of drug-likeness (QED) is 0.163. The van der Waals surface area contributed by atoms with Gasteiger partial charge in [0.25, 0.3) is 6.71 Å². The van der Waals surface area contributed by atoms with Crippen LogP contribution in [0.4, 0.5) is 34.1 Å². The number of rotatable bonds is 3. The van der Waals surface area contributed by atoms with Crippen LogP contribution in [0.2, 0.25) is 0 Å². The Balaban J connectivity index is 1.21. The van der Waals surface area contributed by atoms with E-state index in [1.807, 2.05) is 11.3 Å². The highest BCUT2D eigenvalue weighted by Gasteiger charge is 2.50. The van der Waals surface area contributed by atoms with Gasteiger partial charge in [0.15, 0.2) is 0 Å². The van der Waals surface area contributed by atoms with Crippen molar-refractivity contribution in [1.82, 2.24) is 0 Å². The number of nitrogens with zero attached hydrogens (tertiary/aromatic N) is 2. The monoisotopic (exact) mass is 888 g/mol. The molecule has 330 valence electrons. The molecule has 2 unspecified atom stereocenters. The fraction of sp³-hybridized carbons (Fsp3) is 0.400. The Labute approximate surface area is 396 Å². The summed E-state index contributed by atoms with van der Waals surface area (Å²) in [5.74, 6) is 0.453. The van der Waals surface area contributed by atoms with Crippen molar-refractivity contribution in [2.45, 2.75) is 143 Å². The van der Waals surface area contributed by atoms with Gasteiger partial charge in [-0.25, -0.2) is 0 Å². The standard InChI is InChI=1S/C60H65BN2S2/c1-13-60(12)28-27-59(10,11)42-34-46-44(33-43(42)60)61-53-47(62(46)37-22-23-40-41(32-37)58(8,9)26-25-57(40,6)7)29-35(2)30-48(53)63(45-18-16-20-51-52(45)38-17-14-15-19-49(38)64-51)54-39-31-36(56(3,4)5)21-24-50(39)65-55(54)61/h14-24,29-30,32-34,36H,13,25-28,31H2,1-12H3. The van der Waals surface area contributed by atoms with Crippen molar-refractivity contribution in [3.63, 3.8) is 0 Å². The van der Waals surface area contributed by atoms with Crippen LogP contribution in [-0.4, -0.2) is 6.71 Å². The number of hydrogen-bond acceptors (Lipinski definition) is 4. The maximum Gasteiger partial charge on any atom is 0.264 e. The molecule has 3 aliphatic carbocycles. The van der Waals surface area contributed by atoms with Crippen molar-refractivity contribution in [3.8, 4) is 0 Å². The molecule has 2 nitrogen and oxygen atoms in total. The van der Waals surface area contributed by atoms with Crippen molar-refractivity contribution in [2.75, 3.05) is 9.80 Å². The first kappa shape index (κ1) is 41.8. The van der Waals surface area contributed by atoms with Gasteiger partial charge in [0, 0.05) is 52.6 Å². The van der Waals surface area contributed by atoms with E-state index in [9.17, 15) is 0 Å². The van der Waals surface area contributed by atoms with Crippen molar-refractivity contribution < 1.29 is 0 Å². The third-order valence-corrected chi connectivity index (χ3v) is 19.9. The molecule has 0 N–H and O–H groups in total. The summed E-state index contributed by atoms with van der Waals surface area (Å²) in [6, 6.07) is 34.3. The largest absolute Gasteiger partial charge is 0.311 e. The smallest absolute Gasteiger partial charge is 0.264 e. The average Bonchev–Trinajstić information content (AvgIpc) is 3.84. The number of anilines is 6. The molecule has 0 saturated carbocycles. The lowest BCUT2D eigenvalue weighted by Crippen LogP contribution is -2.61. The number of aryl methyl sites for hydroxylation is 1. The maximum atomic E-state index is 2.77. The number of benzene rings is 5. The van der Waals surface area contributed by atoms with Crippen LogP contribution in [0.15, 0.2) is 91.0 Å². The van der Waals surface area contributed by atoms with Crippen molar-refractivity contribution >= 4 is 105 Å². The SMILES string of the molecule is CCC1(C)CCC(C)(C)c2cc3c(cc21)B1c2sc4c(c2N(c2cccc5sc6ccccc6c25)c2cc(C)cc(c21)N3c1ccc2c(c1)C(C)(C)CCC2(C)C)CC(C(C)(C)C)C=C4. The first-order chi connectivity index (χ1) is 30.8. The number of fused-ring (bicyclic) bond motifs is 11. The number of allylic oxidation sites excluding steroid dienone is 1. The van der Waals surface area contributed by atoms with Crippen LogP contribution in [0.5, 0.6) is 0 Å². The summed E-state index contributed by atoms with van der Waals surface area (Å²) in [4.78, 5) is 6.94. The normalized spacial score (nSPS) is 22.0. The Morgan fingerprint density at radius 2 is 1.34 bits per heavy atom. The molecule has 5 aliphatic rings. The molecule has 7 aromatic rings. The van der Waals surface area contributed by atoms with E-state index in [4.69, 9.17) is 0 Å². The van der Waals surface area contributed by atoms with Gasteiger partial charge in [0.2, 0.25) is 0 Å². The van der Waals surface area contributed by atoms with Gasteiger partial charge in [-0.1, -0.05) is 119 Å². The minimum absolute atomic E-state index is 0.0793. The molecule has 5 aromatic carbocycles. The first-order valence-corrected chi connectivity index (χ1v) is 26.3. The molecule has 4 heterocycles. The third kappa shape index (κ3) is 5.95. The Bertz CT molecular complexity index is 3200. The van der Waals surface area contributed by atoms with Gasteiger partial charge in [-0.3, -0.25) is 0 Å². The van der Waals surface area contributed by atoms with E-state index in [0.29, 0.717) is 5.92 Å². The minimum Gasteiger partial charge on any atom is -0.311 e. The molecule has 2 aliphatic heterocycles. The molecule has 0 spiro atoms. The van der Waals surface area contributed by atoms with E-state index >= 15 is 0 Å². The van der Waals surface area contributed by atoms with Gasteiger partial charge in [-0.05, 0) is 177 Å². The summed E-state index contributed by atoms with van der Waals surface area (Å²) in [7, 11) is 0. The number of thiophene rings is 2. The van der Waals surface area contributed by atoms with Gasteiger partial charge in [-0.2, -0.15) is 0 Å². The van der Waals surface area contributed by atoms with Crippen LogP contribution in [0.1, 0.15) is 147 Å². The molecule has 65 heavy (non-hydrogen) atoms. The summed E-state index contributed by atoms with van der Waals surface area (Å²) in [6.45, 7) is 29.6. The summed E-state index contributed by atoms with van der Waals surface area (Å²) in [5.41, 5.74) is 20.6. The van der Waals surface area contributed by atoms with Crippen LogP contribution in [0.25, 0.3) is 26.2 Å². The highest BCUT2D eigenvalue weighted by Crippen LogP contribution is 2.56. The lowest BCUT2D eigenvalue weighted by atomic mass is 9.35. The minimum atomic E-state index is 0.0793. The lowest BCUT2D eigenvalue weighted by molar-refractivity contribution is 0.291. The zero-order chi connectivity index (χ0) is 45.3. The highest BCUT2D eigenvalue weighted by molar-refractivity contribution is 7.30. The molecule has 0 fully saturated rings. The number of hydrogen-bond donors (Lipinski definition) is 0. The summed E-state index contributed by atoms with van der Waals surface area (Å²) >= 11 is 4.01. The second kappa shape index (κ2) is 13.8. The van der Waals surface area contributed by atoms with Crippen molar-refractivity contribution in [3.05, 3.63) is 129 Å². The summed E-state index contributed by atoms with van der Waals surface area (Å²) in [5, 5.41) is 2.72. The van der Waals surface area contributed by atoms with E-state index in [1.54, 1.807) is 11.1 Å². The fourth-order valence-corrected chi connectivity index (χ4v) is 15.4. The van der Waals surface area contributed by atoms with Crippen molar-refractivity contribution in [1.29, 1.82) is 0 Å². The topological polar surface area (TPSA) is 6.48 Å². The third-order valence-electron chi connectivity index (χ3n) is 17.5. The molecule has 0 radical (unpaired) electrons. The maximum absolute atomic E-state index is 2.77. The second-order valence-corrected chi connectivity index (χ2v) is 26.2. The Kier molecular flexibility index (Phi) is 8.85. The Hall–Kier alpha value is -4.58. The van der Waals surface area contributed by atoms with E-state index < -0.39 is 0 Å². The van der Waals surface area contributed by atoms with Gasteiger partial charge in [-0.15, -0.1) is 22.7 Å². The summed E-state index contributed by atoms with van der Waals surface area (Å²) in [6.07, 6.45) is 12.1. The predicted octanol–water partition coefficient (Wildman–Crippen LogP) is 15.8. The molecule has 2 aromatic heterocycles. The van der Waals surface area contributed by atoms with Crippen molar-refractivity contribution in [2.24, 2.45) is 11.3 Å². The van der Waals surface area contributed by atoms with E-state index in [-0.39, 0.29) is 33.8 Å². The lowest BCUT2D eigenvalue weighted by Gasteiger charge is -2.48. The molecule has 0 bridgehead atoms. The van der Waals surface area contributed by atoms with Gasteiger partial charge >= 0.3 is 0 Å². The second-order valence-electron chi connectivity index (χ2n) is 24.0. The molecule has 5 heteroatoms. The van der Waals surface area contributed by atoms with Crippen LogP contribution in [0, 0.1) is 18.3 Å². The van der Waals surface area contributed by atoms with Crippen LogP contribution in [-0.2, 0) is 28.1 Å². The highest BCUT2D eigenvalue weighted by atomic mass is 32.1. The first-order valence-electron chi connectivity index (χ1n) is 24.6. The van der Waals surface area contributed by atoms with E-state index in [1.165, 1.54) is 123 Å². The predicted molar refractivity (Wildman–Crippen MR) is 287 cm³/mol. The Morgan fingerprint density at radius 1 is 0.662 bits per heavy atom. The molecule has 0 amide bonds. The van der Waals surface area contributed by atoms with Crippen LogP contribution in [0.3, 0.4) is 0 Å². The van der Waals surface area contributed by atoms with Gasteiger partial charge in [0.1, 0.15) is 0 Å². The van der Waals surface area contributed by atoms with Crippen LogP contribution >= 0.6 is 22.7 Å². The van der Waals surface area contributed by atoms with Gasteiger partial charge < -0.3 is 9.80 Å². The average molecular weight is 889 g/mol. The van der Waals surface area contributed by atoms with E-state index in [0.717, 1.165) is 12.8 Å². The van der Waals surface area contributed by atoms with Crippen LogP contribution < -0.4 is 25.5 Å². The molecular weight excluding hydrogens is 824 g/mol. The zero-order valence-electron chi connectivity index (χ0n) is 40.8. The Morgan fingerprint density at radius 3 is 2.08 bits per heavy atom. The summed E-state index contributed by atoms with van der Waals surface area (Å²) < 4.78 is 4.21. The molecule has 12 rings (SSSR count). The van der Waals surface area contributed by atoms with Gasteiger partial charge in [0.05, 0.1) is 11.4 Å². The fourth-order valence-electron chi connectivity index (χ4n) is 13.0. The molecular formula is C60H65BN2S2. The van der Waals surface area contributed by atoms with E-state index in [2.05, 4.69) is 201 Å².